The fraction of sp³-hybridized carbons (Fsp3) is 0.364. The highest BCUT2D eigenvalue weighted by Crippen LogP contribution is 2.26. The van der Waals surface area contributed by atoms with Gasteiger partial charge in [0.2, 0.25) is 0 Å². The van der Waals surface area contributed by atoms with Crippen LogP contribution in [0.4, 0.5) is 4.39 Å². The number of imidazole rings is 1. The topological polar surface area (TPSA) is 87.4 Å². The molecule has 4 rings (SSSR count). The van der Waals surface area contributed by atoms with Crippen molar-refractivity contribution in [2.24, 2.45) is 0 Å². The zero-order valence-electron chi connectivity index (χ0n) is 16.0. The molecule has 0 spiro atoms. The van der Waals surface area contributed by atoms with E-state index < -0.39 is 6.10 Å². The molecule has 0 saturated carbocycles. The second-order valence-electron chi connectivity index (χ2n) is 7.50. The minimum atomic E-state index is -0.524. The maximum absolute atomic E-state index is 13.6. The van der Waals surface area contributed by atoms with Gasteiger partial charge in [0, 0.05) is 12.5 Å². The predicted molar refractivity (Wildman–Crippen MR) is 108 cm³/mol. The van der Waals surface area contributed by atoms with Crippen LogP contribution < -0.4 is 5.32 Å². The van der Waals surface area contributed by atoms with Crippen molar-refractivity contribution in [1.82, 2.24) is 14.9 Å². The number of carbonyl (C=O) groups excluding carboxylic acids is 1. The number of piperidine rings is 1. The number of aliphatic hydroxyl groups is 2. The minimum absolute atomic E-state index is 0.0476. The van der Waals surface area contributed by atoms with Crippen molar-refractivity contribution in [3.63, 3.8) is 0 Å². The molecule has 152 valence electrons. The van der Waals surface area contributed by atoms with Gasteiger partial charge in [-0.3, -0.25) is 4.79 Å². The number of carbonyl (C=O) groups is 1. The molecule has 6 nitrogen and oxygen atoms in total. The molecule has 1 aliphatic heterocycles. The quantitative estimate of drug-likeness (QED) is 0.595. The lowest BCUT2D eigenvalue weighted by molar-refractivity contribution is -0.121. The summed E-state index contributed by atoms with van der Waals surface area (Å²) < 4.78 is 15.3. The molecule has 0 bridgehead atoms. The Bertz CT molecular complexity index is 1030. The number of fused-ring (bicyclic) bond motifs is 1. The number of benzene rings is 2. The summed E-state index contributed by atoms with van der Waals surface area (Å²) in [5.41, 5.74) is 2.91. The third kappa shape index (κ3) is 4.22. The van der Waals surface area contributed by atoms with E-state index in [9.17, 15) is 19.4 Å². The second kappa shape index (κ2) is 8.41. The molecule has 0 aliphatic carbocycles. The first-order valence-electron chi connectivity index (χ1n) is 9.84. The summed E-state index contributed by atoms with van der Waals surface area (Å²) in [4.78, 5) is 17.1. The van der Waals surface area contributed by atoms with Gasteiger partial charge in [0.25, 0.3) is 0 Å². The van der Waals surface area contributed by atoms with Gasteiger partial charge >= 0.3 is 0 Å². The number of rotatable bonds is 6. The van der Waals surface area contributed by atoms with Crippen LogP contribution in [0.2, 0.25) is 0 Å². The first-order chi connectivity index (χ1) is 14.0. The average Bonchev–Trinajstić information content (AvgIpc) is 3.06. The fourth-order valence-electron chi connectivity index (χ4n) is 3.95. The highest BCUT2D eigenvalue weighted by Gasteiger charge is 2.25. The van der Waals surface area contributed by atoms with Gasteiger partial charge in [0.1, 0.15) is 18.2 Å². The van der Waals surface area contributed by atoms with Gasteiger partial charge in [0.15, 0.2) is 5.78 Å². The van der Waals surface area contributed by atoms with E-state index in [1.165, 1.54) is 12.1 Å². The molecule has 3 aromatic rings. The number of hydrogen-bond donors (Lipinski definition) is 3. The molecule has 2 atom stereocenters. The van der Waals surface area contributed by atoms with Crippen LogP contribution >= 0.6 is 0 Å². The van der Waals surface area contributed by atoms with Crippen LogP contribution in [0.3, 0.4) is 0 Å². The first-order valence-corrected chi connectivity index (χ1v) is 9.84. The van der Waals surface area contributed by atoms with Crippen molar-refractivity contribution in [3.05, 3.63) is 54.1 Å². The van der Waals surface area contributed by atoms with Gasteiger partial charge in [-0.2, -0.15) is 0 Å². The number of hydrogen-bond acceptors (Lipinski definition) is 5. The monoisotopic (exact) mass is 397 g/mol. The first kappa shape index (κ1) is 19.7. The summed E-state index contributed by atoms with van der Waals surface area (Å²) in [5.74, 6) is 0.0383. The zero-order chi connectivity index (χ0) is 20.4. The van der Waals surface area contributed by atoms with Crippen molar-refractivity contribution in [2.75, 3.05) is 6.54 Å². The Kier molecular flexibility index (Phi) is 5.71. The number of nitrogens with one attached hydrogen (secondary N) is 1. The fourth-order valence-corrected chi connectivity index (χ4v) is 3.95. The molecule has 2 aromatic carbocycles. The number of halogens is 1. The van der Waals surface area contributed by atoms with Crippen LogP contribution in [0.1, 0.15) is 25.1 Å². The average molecular weight is 397 g/mol. The van der Waals surface area contributed by atoms with E-state index >= 15 is 0 Å². The van der Waals surface area contributed by atoms with Gasteiger partial charge in [-0.25, -0.2) is 9.37 Å². The number of Topliss-reactive ketones (excluding diaryl/α,β-unsaturated/α-hetero) is 1. The maximum atomic E-state index is 13.6. The molecule has 1 aromatic heterocycles. The van der Waals surface area contributed by atoms with E-state index in [4.69, 9.17) is 0 Å². The third-order valence-electron chi connectivity index (χ3n) is 5.46. The Balaban J connectivity index is 1.63. The summed E-state index contributed by atoms with van der Waals surface area (Å²) >= 11 is 0. The van der Waals surface area contributed by atoms with Crippen LogP contribution in [0.25, 0.3) is 22.2 Å². The van der Waals surface area contributed by atoms with Crippen LogP contribution in [0.5, 0.6) is 0 Å². The molecule has 1 saturated heterocycles. The van der Waals surface area contributed by atoms with E-state index in [0.29, 0.717) is 23.3 Å². The SMILES string of the molecule is O=C(C[C@H]1NCCC[C@@H]1O)Cn1c(CO)nc2ccc(-c3cccc(F)c3)cc21. The Hall–Kier alpha value is -2.61. The Morgan fingerprint density at radius 1 is 1.24 bits per heavy atom. The zero-order valence-corrected chi connectivity index (χ0v) is 16.0. The van der Waals surface area contributed by atoms with E-state index in [0.717, 1.165) is 24.1 Å². The Labute approximate surface area is 168 Å². The van der Waals surface area contributed by atoms with Gasteiger partial charge < -0.3 is 20.1 Å². The molecule has 0 radical (unpaired) electrons. The highest BCUT2D eigenvalue weighted by atomic mass is 19.1. The lowest BCUT2D eigenvalue weighted by Crippen LogP contribution is -2.46. The number of ketones is 1. The molecule has 7 heteroatoms. The van der Waals surface area contributed by atoms with E-state index in [2.05, 4.69) is 10.3 Å². The van der Waals surface area contributed by atoms with Crippen molar-refractivity contribution >= 4 is 16.8 Å². The summed E-state index contributed by atoms with van der Waals surface area (Å²) in [5, 5.41) is 23.0. The predicted octanol–water partition coefficient (Wildman–Crippen LogP) is 2.41. The summed E-state index contributed by atoms with van der Waals surface area (Å²) in [6.07, 6.45) is 1.28. The lowest BCUT2D eigenvalue weighted by atomic mass is 9.97. The molecular weight excluding hydrogens is 373 g/mol. The molecule has 1 aliphatic rings. The van der Waals surface area contributed by atoms with Gasteiger partial charge in [0.05, 0.1) is 23.7 Å². The summed E-state index contributed by atoms with van der Waals surface area (Å²) in [6, 6.07) is 11.6. The number of aliphatic hydroxyl groups excluding tert-OH is 2. The normalized spacial score (nSPS) is 19.6. The minimum Gasteiger partial charge on any atom is -0.391 e. The van der Waals surface area contributed by atoms with E-state index in [1.807, 2.05) is 24.3 Å². The second-order valence-corrected chi connectivity index (χ2v) is 7.50. The molecule has 0 amide bonds. The van der Waals surface area contributed by atoms with Gasteiger partial charge in [-0.15, -0.1) is 0 Å². The Morgan fingerprint density at radius 3 is 2.83 bits per heavy atom. The third-order valence-corrected chi connectivity index (χ3v) is 5.46. The highest BCUT2D eigenvalue weighted by molar-refractivity contribution is 5.85. The molecule has 29 heavy (non-hydrogen) atoms. The van der Waals surface area contributed by atoms with E-state index in [1.54, 1.807) is 10.6 Å². The van der Waals surface area contributed by atoms with Gasteiger partial charge in [-0.1, -0.05) is 18.2 Å². The van der Waals surface area contributed by atoms with Crippen molar-refractivity contribution in [2.45, 2.75) is 44.6 Å². The van der Waals surface area contributed by atoms with Crippen molar-refractivity contribution < 1.29 is 19.4 Å². The van der Waals surface area contributed by atoms with Gasteiger partial charge in [-0.05, 0) is 54.8 Å². The molecular formula is C22H24FN3O3. The Morgan fingerprint density at radius 2 is 2.07 bits per heavy atom. The largest absolute Gasteiger partial charge is 0.391 e. The number of nitrogens with zero attached hydrogens (tertiary/aromatic N) is 2. The van der Waals surface area contributed by atoms with Crippen molar-refractivity contribution in [1.29, 1.82) is 0 Å². The molecule has 1 fully saturated rings. The summed E-state index contributed by atoms with van der Waals surface area (Å²) in [6.45, 7) is 0.563. The standard InChI is InChI=1S/C22H24FN3O3/c23-16-4-1-3-14(9-16)15-6-7-18-20(10-15)26(22(13-27)25-18)12-17(28)11-19-21(29)5-2-8-24-19/h1,3-4,6-7,9-10,19,21,24,27,29H,2,5,8,11-13H2/t19-,21+/m1/s1. The summed E-state index contributed by atoms with van der Waals surface area (Å²) in [7, 11) is 0. The molecule has 2 heterocycles. The number of aromatic nitrogens is 2. The lowest BCUT2D eigenvalue weighted by Gasteiger charge is -2.28. The van der Waals surface area contributed by atoms with Crippen LogP contribution in [-0.2, 0) is 17.9 Å². The molecule has 3 N–H and O–H groups in total. The van der Waals surface area contributed by atoms with Crippen LogP contribution in [-0.4, -0.2) is 44.2 Å². The van der Waals surface area contributed by atoms with E-state index in [-0.39, 0.29) is 37.2 Å². The van der Waals surface area contributed by atoms with Crippen molar-refractivity contribution in [3.8, 4) is 11.1 Å². The van der Waals surface area contributed by atoms with Crippen LogP contribution in [0, 0.1) is 5.82 Å². The smallest absolute Gasteiger partial charge is 0.154 e. The molecule has 0 unspecified atom stereocenters. The maximum Gasteiger partial charge on any atom is 0.154 e. The van der Waals surface area contributed by atoms with Crippen LogP contribution in [0.15, 0.2) is 42.5 Å².